The van der Waals surface area contributed by atoms with Crippen molar-refractivity contribution in [3.63, 3.8) is 0 Å². The molecule has 1 aliphatic heterocycles. The highest BCUT2D eigenvalue weighted by Crippen LogP contribution is 2.41. The second-order valence-corrected chi connectivity index (χ2v) is 6.07. The molecule has 1 saturated heterocycles. The van der Waals surface area contributed by atoms with E-state index in [0.29, 0.717) is 0 Å². The van der Waals surface area contributed by atoms with Crippen LogP contribution >= 0.6 is 0 Å². The van der Waals surface area contributed by atoms with Crippen molar-refractivity contribution < 1.29 is 24.4 Å². The summed E-state index contributed by atoms with van der Waals surface area (Å²) in [7, 11) is 0. The van der Waals surface area contributed by atoms with Gasteiger partial charge in [0.15, 0.2) is 23.3 Å². The van der Waals surface area contributed by atoms with E-state index in [-0.39, 0.29) is 16.9 Å². The molecule has 1 fully saturated rings. The normalized spacial score (nSPS) is 30.3. The number of aliphatic hydroxyl groups is 3. The van der Waals surface area contributed by atoms with Gasteiger partial charge in [-0.05, 0) is 20.8 Å². The van der Waals surface area contributed by atoms with Crippen molar-refractivity contribution in [2.45, 2.75) is 50.9 Å². The average molecular weight is 351 g/mol. The van der Waals surface area contributed by atoms with Crippen LogP contribution in [0.3, 0.4) is 0 Å². The second-order valence-electron chi connectivity index (χ2n) is 6.07. The molecule has 5 atom stereocenters. The zero-order chi connectivity index (χ0) is 18.5. The zero-order valence-corrected chi connectivity index (χ0v) is 13.8. The van der Waals surface area contributed by atoms with Gasteiger partial charge in [0.1, 0.15) is 23.4 Å². The Balaban J connectivity index is 2.25. The van der Waals surface area contributed by atoms with Gasteiger partial charge in [0.2, 0.25) is 0 Å². The van der Waals surface area contributed by atoms with Crippen molar-refractivity contribution in [2.24, 2.45) is 0 Å². The van der Waals surface area contributed by atoms with Crippen LogP contribution in [-0.2, 0) is 4.74 Å². The summed E-state index contributed by atoms with van der Waals surface area (Å²) in [4.78, 5) is 18.5. The molecule has 0 radical (unpaired) electrons. The minimum atomic E-state index is -2.12. The fourth-order valence-electron chi connectivity index (χ4n) is 3.11. The van der Waals surface area contributed by atoms with Crippen molar-refractivity contribution in [1.29, 1.82) is 0 Å². The Morgan fingerprint density at radius 2 is 2.24 bits per heavy atom. The highest BCUT2D eigenvalue weighted by atomic mass is 19.1. The third-order valence-corrected chi connectivity index (χ3v) is 4.23. The molecule has 0 spiro atoms. The predicted molar refractivity (Wildman–Crippen MR) is 85.0 cm³/mol. The van der Waals surface area contributed by atoms with Gasteiger partial charge in [0.25, 0.3) is 5.56 Å². The van der Waals surface area contributed by atoms with E-state index in [1.54, 1.807) is 0 Å². The van der Waals surface area contributed by atoms with Crippen LogP contribution in [0.15, 0.2) is 11.0 Å². The fourth-order valence-corrected chi connectivity index (χ4v) is 3.11. The SMILES string of the molecule is CC#CC1(O)[C@@H](O)[C@@H]([C@H](C)O)O[C@H]1n1cc(F)c2c(=O)[nH]c(C)nc21. The molecule has 4 N–H and O–H groups in total. The number of aromatic amines is 1. The average Bonchev–Trinajstić information content (AvgIpc) is 2.96. The van der Waals surface area contributed by atoms with Gasteiger partial charge in [0.05, 0.1) is 6.10 Å². The van der Waals surface area contributed by atoms with Crippen LogP contribution in [0.2, 0.25) is 0 Å². The van der Waals surface area contributed by atoms with Crippen molar-refractivity contribution in [3.05, 3.63) is 28.2 Å². The second kappa shape index (κ2) is 5.93. The molecule has 25 heavy (non-hydrogen) atoms. The number of rotatable bonds is 2. The number of fused-ring (bicyclic) bond motifs is 1. The number of nitrogens with zero attached hydrogens (tertiary/aromatic N) is 2. The van der Waals surface area contributed by atoms with Crippen LogP contribution in [0.4, 0.5) is 4.39 Å². The molecule has 1 aliphatic rings. The summed E-state index contributed by atoms with van der Waals surface area (Å²) >= 11 is 0. The molecule has 0 aliphatic carbocycles. The van der Waals surface area contributed by atoms with Gasteiger partial charge in [-0.25, -0.2) is 9.37 Å². The molecule has 3 heterocycles. The molecule has 2 aromatic rings. The number of aliphatic hydroxyl groups excluding tert-OH is 2. The number of hydrogen-bond acceptors (Lipinski definition) is 6. The van der Waals surface area contributed by atoms with Gasteiger partial charge in [-0.3, -0.25) is 9.36 Å². The lowest BCUT2D eigenvalue weighted by atomic mass is 9.93. The van der Waals surface area contributed by atoms with Gasteiger partial charge in [0, 0.05) is 6.20 Å². The Labute approximate surface area is 141 Å². The van der Waals surface area contributed by atoms with Crippen LogP contribution in [0.25, 0.3) is 11.0 Å². The third-order valence-electron chi connectivity index (χ3n) is 4.23. The minimum Gasteiger partial charge on any atom is -0.391 e. The molecule has 0 bridgehead atoms. The summed E-state index contributed by atoms with van der Waals surface area (Å²) in [6.07, 6.45) is -4.23. The highest BCUT2D eigenvalue weighted by Gasteiger charge is 2.57. The zero-order valence-electron chi connectivity index (χ0n) is 13.8. The summed E-state index contributed by atoms with van der Waals surface area (Å²) in [5, 5.41) is 30.8. The maximum absolute atomic E-state index is 14.3. The first-order valence-electron chi connectivity index (χ1n) is 7.65. The lowest BCUT2D eigenvalue weighted by Crippen LogP contribution is -2.47. The smallest absolute Gasteiger partial charge is 0.263 e. The first-order valence-corrected chi connectivity index (χ1v) is 7.65. The standard InChI is InChI=1S/C16H18FN3O5/c1-4-5-16(24)12(22)11(7(2)21)25-15(16)20-6-9(17)10-13(20)18-8(3)19-14(10)23/h6-7,11-12,15,21-22,24H,1-3H3,(H,18,19,23)/t7-,11+,12-,15+,16?/m0/s1. The summed E-state index contributed by atoms with van der Waals surface area (Å²) in [5.41, 5.74) is -2.85. The number of halogens is 1. The van der Waals surface area contributed by atoms with Crippen LogP contribution in [0.5, 0.6) is 0 Å². The van der Waals surface area contributed by atoms with Crippen molar-refractivity contribution >= 4 is 11.0 Å². The Kier molecular flexibility index (Phi) is 4.17. The number of hydrogen-bond donors (Lipinski definition) is 4. The molecule has 3 rings (SSSR count). The van der Waals surface area contributed by atoms with E-state index in [4.69, 9.17) is 4.74 Å². The molecule has 2 aromatic heterocycles. The maximum Gasteiger partial charge on any atom is 0.263 e. The van der Waals surface area contributed by atoms with E-state index in [2.05, 4.69) is 21.8 Å². The maximum atomic E-state index is 14.3. The molecular formula is C16H18FN3O5. The van der Waals surface area contributed by atoms with E-state index in [9.17, 15) is 24.5 Å². The fraction of sp³-hybridized carbons (Fsp3) is 0.500. The van der Waals surface area contributed by atoms with Gasteiger partial charge >= 0.3 is 0 Å². The van der Waals surface area contributed by atoms with Gasteiger partial charge in [-0.15, -0.1) is 5.92 Å². The Hall–Kier alpha value is -2.25. The number of aryl methyl sites for hydroxylation is 1. The van der Waals surface area contributed by atoms with E-state index >= 15 is 0 Å². The van der Waals surface area contributed by atoms with Gasteiger partial charge in [-0.1, -0.05) is 5.92 Å². The number of H-pyrrole nitrogens is 1. The summed E-state index contributed by atoms with van der Waals surface area (Å²) in [6, 6.07) is 0. The Morgan fingerprint density at radius 1 is 1.56 bits per heavy atom. The van der Waals surface area contributed by atoms with E-state index < -0.39 is 41.5 Å². The first-order chi connectivity index (χ1) is 11.7. The summed E-state index contributed by atoms with van der Waals surface area (Å²) in [5.74, 6) is 4.36. The number of nitrogens with one attached hydrogen (secondary N) is 1. The van der Waals surface area contributed by atoms with Crippen LogP contribution in [-0.4, -0.2) is 53.8 Å². The number of ether oxygens (including phenoxy) is 1. The Bertz CT molecular complexity index is 941. The minimum absolute atomic E-state index is 0.0569. The Morgan fingerprint density at radius 3 is 2.84 bits per heavy atom. The highest BCUT2D eigenvalue weighted by molar-refractivity contribution is 5.76. The quantitative estimate of drug-likeness (QED) is 0.545. The first kappa shape index (κ1) is 17.6. The van der Waals surface area contributed by atoms with Crippen LogP contribution in [0.1, 0.15) is 25.9 Å². The van der Waals surface area contributed by atoms with Gasteiger partial charge < -0.3 is 25.0 Å². The molecular weight excluding hydrogens is 333 g/mol. The molecule has 8 nitrogen and oxygen atoms in total. The molecule has 1 unspecified atom stereocenters. The largest absolute Gasteiger partial charge is 0.391 e. The topological polar surface area (TPSA) is 121 Å². The molecule has 134 valence electrons. The molecule has 9 heteroatoms. The van der Waals surface area contributed by atoms with Gasteiger partial charge in [-0.2, -0.15) is 0 Å². The van der Waals surface area contributed by atoms with Crippen molar-refractivity contribution in [2.75, 3.05) is 0 Å². The van der Waals surface area contributed by atoms with E-state index in [0.717, 1.165) is 10.8 Å². The monoisotopic (exact) mass is 351 g/mol. The molecule has 0 saturated carbocycles. The van der Waals surface area contributed by atoms with Crippen molar-refractivity contribution in [3.8, 4) is 11.8 Å². The van der Waals surface area contributed by atoms with E-state index in [1.807, 2.05) is 0 Å². The summed E-state index contributed by atoms with van der Waals surface area (Å²) < 4.78 is 21.0. The molecule has 0 aromatic carbocycles. The predicted octanol–water partition coefficient (Wildman–Crippen LogP) is -0.434. The van der Waals surface area contributed by atoms with E-state index in [1.165, 1.54) is 20.8 Å². The third kappa shape index (κ3) is 2.54. The number of aromatic nitrogens is 3. The lowest BCUT2D eigenvalue weighted by Gasteiger charge is -2.26. The molecule has 0 amide bonds. The summed E-state index contributed by atoms with van der Waals surface area (Å²) in [6.45, 7) is 4.37. The van der Waals surface area contributed by atoms with Crippen molar-refractivity contribution in [1.82, 2.24) is 14.5 Å². The van der Waals surface area contributed by atoms with Crippen LogP contribution < -0.4 is 5.56 Å². The van der Waals surface area contributed by atoms with Crippen LogP contribution in [0, 0.1) is 24.6 Å². The lowest BCUT2D eigenvalue weighted by molar-refractivity contribution is -0.0846.